The van der Waals surface area contributed by atoms with Crippen LogP contribution in [0.5, 0.6) is 5.88 Å². The third kappa shape index (κ3) is 6.90. The molecule has 45 heavy (non-hydrogen) atoms. The maximum Gasteiger partial charge on any atom is 0.246 e. The molecule has 4 aromatic heterocycles. The molecule has 0 aromatic carbocycles. The lowest BCUT2D eigenvalue weighted by Gasteiger charge is -2.35. The summed E-state index contributed by atoms with van der Waals surface area (Å²) in [5.74, 6) is 0.642. The molecular formula is C30H31N11O4. The number of aromatic nitrogens is 6. The molecule has 230 valence electrons. The Labute approximate surface area is 257 Å². The van der Waals surface area contributed by atoms with E-state index in [4.69, 9.17) is 10.00 Å². The molecule has 6 rings (SSSR count). The third-order valence-electron chi connectivity index (χ3n) is 7.54. The van der Waals surface area contributed by atoms with Gasteiger partial charge in [-0.2, -0.15) is 10.5 Å². The van der Waals surface area contributed by atoms with Crippen LogP contribution in [-0.2, 0) is 9.59 Å². The summed E-state index contributed by atoms with van der Waals surface area (Å²) in [6.45, 7) is 8.96. The number of hydrogen-bond acceptors (Lipinski definition) is 11. The van der Waals surface area contributed by atoms with Crippen LogP contribution in [0.2, 0.25) is 0 Å². The van der Waals surface area contributed by atoms with Gasteiger partial charge >= 0.3 is 0 Å². The Morgan fingerprint density at radius 1 is 1.00 bits per heavy atom. The predicted molar refractivity (Wildman–Crippen MR) is 162 cm³/mol. The molecule has 0 aliphatic carbocycles. The highest BCUT2D eigenvalue weighted by Gasteiger charge is 2.29. The number of aromatic amines is 2. The van der Waals surface area contributed by atoms with Crippen LogP contribution in [0, 0.1) is 22.7 Å². The molecule has 2 aliphatic rings. The van der Waals surface area contributed by atoms with Crippen molar-refractivity contribution in [3.8, 4) is 18.0 Å². The number of ether oxygens (including phenoxy) is 1. The Kier molecular flexibility index (Phi) is 9.31. The van der Waals surface area contributed by atoms with E-state index in [2.05, 4.69) is 60.5 Å². The molecular weight excluding hydrogens is 578 g/mol. The zero-order chi connectivity index (χ0) is 31.9. The van der Waals surface area contributed by atoms with Gasteiger partial charge in [-0.1, -0.05) is 13.2 Å². The zero-order valence-electron chi connectivity index (χ0n) is 24.3. The molecule has 0 bridgehead atoms. The fraction of sp³-hybridized carbons (Fsp3) is 0.333. The van der Waals surface area contributed by atoms with Crippen molar-refractivity contribution in [1.29, 1.82) is 10.5 Å². The van der Waals surface area contributed by atoms with E-state index in [-0.39, 0.29) is 30.5 Å². The van der Waals surface area contributed by atoms with Gasteiger partial charge in [0, 0.05) is 57.5 Å². The minimum Gasteiger partial charge on any atom is -0.473 e. The predicted octanol–water partition coefficient (Wildman–Crippen LogP) is 1.77. The number of β-amino-alcohol motifs (C(OH)–C–C–N with tert-alkyl or cyclic N) is 1. The van der Waals surface area contributed by atoms with E-state index >= 15 is 0 Å². The average molecular weight is 610 g/mol. The second-order valence-electron chi connectivity index (χ2n) is 10.5. The summed E-state index contributed by atoms with van der Waals surface area (Å²) in [6.07, 6.45) is 9.98. The number of aliphatic hydroxyl groups is 1. The monoisotopic (exact) mass is 609 g/mol. The number of aliphatic hydroxyl groups excluding tert-OH is 1. The van der Waals surface area contributed by atoms with Gasteiger partial charge in [-0.3, -0.25) is 9.59 Å². The van der Waals surface area contributed by atoms with Crippen LogP contribution >= 0.6 is 0 Å². The molecule has 2 amide bonds. The molecule has 2 aliphatic heterocycles. The number of likely N-dealkylation sites (tertiary alicyclic amines) is 2. The maximum absolute atomic E-state index is 11.8. The lowest BCUT2D eigenvalue weighted by atomic mass is 10.0. The second-order valence-corrected chi connectivity index (χ2v) is 10.5. The molecule has 2 saturated heterocycles. The number of nitriles is 2. The Morgan fingerprint density at radius 3 is 2.40 bits per heavy atom. The molecule has 15 nitrogen and oxygen atoms in total. The van der Waals surface area contributed by atoms with E-state index in [0.717, 1.165) is 12.8 Å². The fourth-order valence-electron chi connectivity index (χ4n) is 5.35. The first-order chi connectivity index (χ1) is 21.8. The van der Waals surface area contributed by atoms with Gasteiger partial charge in [-0.05, 0) is 18.6 Å². The van der Waals surface area contributed by atoms with Gasteiger partial charge in [-0.25, -0.2) is 19.9 Å². The quantitative estimate of drug-likeness (QED) is 0.231. The first kappa shape index (κ1) is 30.7. The number of fused-ring (bicyclic) bond motifs is 2. The van der Waals surface area contributed by atoms with E-state index in [0.29, 0.717) is 71.1 Å². The van der Waals surface area contributed by atoms with Crippen LogP contribution < -0.4 is 10.1 Å². The Bertz CT molecular complexity index is 1810. The van der Waals surface area contributed by atoms with Crippen molar-refractivity contribution >= 4 is 39.8 Å². The van der Waals surface area contributed by atoms with Crippen molar-refractivity contribution in [2.24, 2.45) is 0 Å². The van der Waals surface area contributed by atoms with Gasteiger partial charge in [0.2, 0.25) is 17.7 Å². The van der Waals surface area contributed by atoms with Gasteiger partial charge < -0.3 is 34.9 Å². The minimum atomic E-state index is -0.621. The molecule has 2 fully saturated rings. The standard InChI is InChI=1S/C15H16N6O2.C15H15N5O2/c1-2-12(23)21-6-10(3-11(22)7-21)20-15-13-9(4-16)5-17-14(13)18-8-19-15;1-2-13(21)20-5-3-11(4-6-20)22-12-9-18-15-14(19-12)10(7-16)8-17-15/h2,5,8,10-11,22H,1,3,6-7H2,(H2,17,18,19,20);2,8-9,11H,1,3-6H2,(H,17,18)/t10-,11+;/m1./s1. The topological polar surface area (TPSA) is 213 Å². The van der Waals surface area contributed by atoms with Crippen LogP contribution in [0.15, 0.2) is 50.2 Å². The molecule has 2 atom stereocenters. The van der Waals surface area contributed by atoms with Crippen LogP contribution in [0.3, 0.4) is 0 Å². The minimum absolute atomic E-state index is 0.00917. The number of piperidine rings is 2. The van der Waals surface area contributed by atoms with Crippen molar-refractivity contribution in [2.45, 2.75) is 37.5 Å². The Hall–Kier alpha value is -5.80. The third-order valence-corrected chi connectivity index (χ3v) is 7.54. The number of anilines is 1. The van der Waals surface area contributed by atoms with E-state index in [1.807, 2.05) is 0 Å². The smallest absolute Gasteiger partial charge is 0.246 e. The summed E-state index contributed by atoms with van der Waals surface area (Å²) >= 11 is 0. The first-order valence-corrected chi connectivity index (χ1v) is 14.2. The molecule has 4 aromatic rings. The van der Waals surface area contributed by atoms with E-state index in [9.17, 15) is 20.0 Å². The second kappa shape index (κ2) is 13.7. The van der Waals surface area contributed by atoms with Crippen molar-refractivity contribution in [3.05, 3.63) is 61.4 Å². The highest BCUT2D eigenvalue weighted by Crippen LogP contribution is 2.25. The number of amides is 2. The Balaban J connectivity index is 0.000000178. The van der Waals surface area contributed by atoms with Crippen molar-refractivity contribution in [2.75, 3.05) is 31.5 Å². The van der Waals surface area contributed by atoms with Gasteiger partial charge in [0.1, 0.15) is 41.6 Å². The number of nitrogens with one attached hydrogen (secondary N) is 3. The molecule has 15 heteroatoms. The van der Waals surface area contributed by atoms with Crippen LogP contribution in [0.25, 0.3) is 22.2 Å². The number of H-pyrrole nitrogens is 2. The van der Waals surface area contributed by atoms with Gasteiger partial charge in [0.15, 0.2) is 5.65 Å². The molecule has 6 heterocycles. The lowest BCUT2D eigenvalue weighted by molar-refractivity contribution is -0.129. The van der Waals surface area contributed by atoms with Crippen molar-refractivity contribution < 1.29 is 19.4 Å². The van der Waals surface area contributed by atoms with E-state index < -0.39 is 6.10 Å². The Morgan fingerprint density at radius 2 is 1.69 bits per heavy atom. The summed E-state index contributed by atoms with van der Waals surface area (Å²) in [4.78, 5) is 49.2. The van der Waals surface area contributed by atoms with Crippen LogP contribution in [-0.4, -0.2) is 101 Å². The molecule has 0 radical (unpaired) electrons. The number of nitrogens with zero attached hydrogens (tertiary/aromatic N) is 8. The van der Waals surface area contributed by atoms with Gasteiger partial charge in [-0.15, -0.1) is 0 Å². The largest absolute Gasteiger partial charge is 0.473 e. The maximum atomic E-state index is 11.8. The van der Waals surface area contributed by atoms with Crippen molar-refractivity contribution in [3.63, 3.8) is 0 Å². The van der Waals surface area contributed by atoms with E-state index in [1.54, 1.807) is 28.4 Å². The zero-order valence-corrected chi connectivity index (χ0v) is 24.3. The fourth-order valence-corrected chi connectivity index (χ4v) is 5.35. The van der Waals surface area contributed by atoms with Crippen LogP contribution in [0.4, 0.5) is 5.82 Å². The van der Waals surface area contributed by atoms with Gasteiger partial charge in [0.05, 0.1) is 28.8 Å². The molecule has 0 spiro atoms. The summed E-state index contributed by atoms with van der Waals surface area (Å²) < 4.78 is 5.83. The highest BCUT2D eigenvalue weighted by atomic mass is 16.5. The normalized spacial score (nSPS) is 18.3. The number of hydrogen-bond donors (Lipinski definition) is 4. The van der Waals surface area contributed by atoms with Crippen molar-refractivity contribution in [1.82, 2.24) is 39.7 Å². The van der Waals surface area contributed by atoms with Gasteiger partial charge in [0.25, 0.3) is 0 Å². The summed E-state index contributed by atoms with van der Waals surface area (Å²) in [6, 6.07) is 3.98. The number of rotatable bonds is 6. The summed E-state index contributed by atoms with van der Waals surface area (Å²) in [5, 5.41) is 32.0. The lowest BCUT2D eigenvalue weighted by Crippen LogP contribution is -2.50. The summed E-state index contributed by atoms with van der Waals surface area (Å²) in [5.41, 5.74) is 2.53. The SMILES string of the molecule is C=CC(=O)N1CCC(Oc2cnc3[nH]cc(C#N)c3n2)CC1.C=CC(=O)N1C[C@@H](O)C[C@@H](Nc2ncnc3[nH]cc(C#N)c23)C1. The highest BCUT2D eigenvalue weighted by molar-refractivity contribution is 5.92. The van der Waals surface area contributed by atoms with E-state index in [1.165, 1.54) is 18.5 Å². The number of carbonyl (C=O) groups excluding carboxylic acids is 2. The molecule has 4 N–H and O–H groups in total. The average Bonchev–Trinajstić information content (AvgIpc) is 3.68. The molecule has 0 unspecified atom stereocenters. The molecule has 0 saturated carbocycles. The van der Waals surface area contributed by atoms with Crippen LogP contribution in [0.1, 0.15) is 30.4 Å². The number of carbonyl (C=O) groups is 2. The summed E-state index contributed by atoms with van der Waals surface area (Å²) in [7, 11) is 0. The first-order valence-electron chi connectivity index (χ1n) is 14.2.